The zero-order valence-electron chi connectivity index (χ0n) is 15.2. The number of benzene rings is 1. The molecule has 0 aliphatic carbocycles. The molecule has 0 spiro atoms. The third-order valence-electron chi connectivity index (χ3n) is 3.22. The average molecular weight is 455 g/mol. The van der Waals surface area contributed by atoms with Gasteiger partial charge >= 0.3 is 6.09 Å². The van der Waals surface area contributed by atoms with E-state index in [-0.39, 0.29) is 17.2 Å². The maximum Gasteiger partial charge on any atom is 0.408 e. The zero-order chi connectivity index (χ0) is 20.0. The zero-order valence-corrected chi connectivity index (χ0v) is 17.6. The van der Waals surface area contributed by atoms with Crippen LogP contribution >= 0.6 is 27.7 Å². The Balaban J connectivity index is 2.14. The van der Waals surface area contributed by atoms with E-state index in [4.69, 9.17) is 4.74 Å². The summed E-state index contributed by atoms with van der Waals surface area (Å²) in [5.74, 6) is -0.597. The molecule has 1 aromatic carbocycles. The van der Waals surface area contributed by atoms with Crippen molar-refractivity contribution in [2.24, 2.45) is 0 Å². The number of nitrogens with one attached hydrogen (secondary N) is 1. The fourth-order valence-electron chi connectivity index (χ4n) is 2.16. The Morgan fingerprint density at radius 2 is 1.93 bits per heavy atom. The summed E-state index contributed by atoms with van der Waals surface area (Å²) in [6.45, 7) is 5.16. The van der Waals surface area contributed by atoms with E-state index in [9.17, 15) is 14.0 Å². The van der Waals surface area contributed by atoms with Crippen molar-refractivity contribution in [1.29, 1.82) is 0 Å². The maximum atomic E-state index is 14.2. The summed E-state index contributed by atoms with van der Waals surface area (Å²) >= 11 is 4.36. The number of thioether (sulfide) groups is 1. The molecule has 0 bridgehead atoms. The first kappa shape index (κ1) is 21.4. The number of carbonyl (C=O) groups is 2. The number of hydrogen-bond acceptors (Lipinski definition) is 5. The van der Waals surface area contributed by atoms with Crippen molar-refractivity contribution in [3.05, 3.63) is 58.6 Å². The van der Waals surface area contributed by atoms with Crippen molar-refractivity contribution in [3.8, 4) is 0 Å². The fourth-order valence-corrected chi connectivity index (χ4v) is 3.21. The Kier molecular flexibility index (Phi) is 7.38. The lowest BCUT2D eigenvalue weighted by Gasteiger charge is -2.23. The van der Waals surface area contributed by atoms with E-state index >= 15 is 0 Å². The molecule has 0 unspecified atom stereocenters. The third kappa shape index (κ3) is 7.30. The monoisotopic (exact) mass is 454 g/mol. The van der Waals surface area contributed by atoms with E-state index in [1.165, 1.54) is 18.3 Å². The fraction of sp³-hybridized carbons (Fsp3) is 0.316. The molecule has 0 aliphatic heterocycles. The van der Waals surface area contributed by atoms with Crippen molar-refractivity contribution < 1.29 is 18.7 Å². The number of halogens is 2. The SMILES string of the molecule is CC(C)(C)OC(=O)N[C@H](CC(=O)Sc1ccc(Br)cc1)c1ncccc1F. The quantitative estimate of drug-likeness (QED) is 0.624. The molecule has 0 aliphatic rings. The number of carbonyl (C=O) groups excluding carboxylic acids is 2. The molecule has 0 saturated heterocycles. The summed E-state index contributed by atoms with van der Waals surface area (Å²) in [4.78, 5) is 29.3. The highest BCUT2D eigenvalue weighted by atomic mass is 79.9. The first-order valence-electron chi connectivity index (χ1n) is 8.20. The van der Waals surface area contributed by atoms with E-state index in [0.29, 0.717) is 0 Å². The number of alkyl carbamates (subject to hydrolysis) is 1. The first-order valence-corrected chi connectivity index (χ1v) is 9.81. The molecule has 144 valence electrons. The third-order valence-corrected chi connectivity index (χ3v) is 4.65. The average Bonchev–Trinajstić information content (AvgIpc) is 2.55. The molecule has 0 saturated carbocycles. The van der Waals surface area contributed by atoms with Gasteiger partial charge in [0.2, 0.25) is 0 Å². The van der Waals surface area contributed by atoms with Gasteiger partial charge in [-0.2, -0.15) is 0 Å². The Bertz CT molecular complexity index is 809. The minimum atomic E-state index is -0.934. The lowest BCUT2D eigenvalue weighted by molar-refractivity contribution is -0.111. The Labute approximate surface area is 170 Å². The van der Waals surface area contributed by atoms with Crippen molar-refractivity contribution in [3.63, 3.8) is 0 Å². The van der Waals surface area contributed by atoms with Gasteiger partial charge < -0.3 is 10.1 Å². The number of aromatic nitrogens is 1. The molecule has 2 aromatic rings. The van der Waals surface area contributed by atoms with Crippen LogP contribution in [-0.2, 0) is 9.53 Å². The standard InChI is InChI=1S/C19H20BrFN2O3S/c1-19(2,3)26-18(25)23-15(17-14(21)5-4-10-22-17)11-16(24)27-13-8-6-12(20)7-9-13/h4-10,15H,11H2,1-3H3,(H,23,25)/t15-/m1/s1. The Morgan fingerprint density at radius 3 is 2.52 bits per heavy atom. The summed E-state index contributed by atoms with van der Waals surface area (Å²) in [7, 11) is 0. The van der Waals surface area contributed by atoms with Crippen LogP contribution < -0.4 is 5.32 Å². The minimum Gasteiger partial charge on any atom is -0.444 e. The molecular weight excluding hydrogens is 435 g/mol. The van der Waals surface area contributed by atoms with Gasteiger partial charge in [-0.05, 0) is 57.2 Å². The van der Waals surface area contributed by atoms with Gasteiger partial charge in [0.25, 0.3) is 0 Å². The van der Waals surface area contributed by atoms with Crippen LogP contribution in [0.2, 0.25) is 0 Å². The number of amides is 1. The lowest BCUT2D eigenvalue weighted by atomic mass is 10.1. The Morgan fingerprint density at radius 1 is 1.26 bits per heavy atom. The molecule has 1 amide bonds. The number of ether oxygens (including phenoxy) is 1. The lowest BCUT2D eigenvalue weighted by Crippen LogP contribution is -2.36. The predicted octanol–water partition coefficient (Wildman–Crippen LogP) is 5.26. The molecular formula is C19H20BrFN2O3S. The molecule has 1 atom stereocenters. The van der Waals surface area contributed by atoms with Crippen molar-refractivity contribution in [2.45, 2.75) is 43.7 Å². The highest BCUT2D eigenvalue weighted by molar-refractivity contribution is 9.10. The number of pyridine rings is 1. The van der Waals surface area contributed by atoms with E-state index in [1.807, 2.05) is 12.1 Å². The van der Waals surface area contributed by atoms with Crippen LogP contribution in [0, 0.1) is 5.82 Å². The van der Waals surface area contributed by atoms with Gasteiger partial charge in [-0.25, -0.2) is 9.18 Å². The summed E-state index contributed by atoms with van der Waals surface area (Å²) in [5.41, 5.74) is -0.721. The predicted molar refractivity (Wildman–Crippen MR) is 106 cm³/mol. The second-order valence-corrected chi connectivity index (χ2v) is 8.75. The van der Waals surface area contributed by atoms with Crippen LogP contribution in [0.5, 0.6) is 0 Å². The maximum absolute atomic E-state index is 14.2. The van der Waals surface area contributed by atoms with E-state index in [0.717, 1.165) is 21.1 Å². The summed E-state index contributed by atoms with van der Waals surface area (Å²) in [6.07, 6.45) is 0.543. The van der Waals surface area contributed by atoms with Crippen LogP contribution in [0.15, 0.2) is 52.0 Å². The summed E-state index contributed by atoms with van der Waals surface area (Å²) < 4.78 is 20.3. The number of hydrogen-bond donors (Lipinski definition) is 1. The highest BCUT2D eigenvalue weighted by Gasteiger charge is 2.26. The first-order chi connectivity index (χ1) is 12.6. The van der Waals surface area contributed by atoms with Gasteiger partial charge in [0, 0.05) is 22.0 Å². The van der Waals surface area contributed by atoms with E-state index in [2.05, 4.69) is 26.2 Å². The molecule has 0 fully saturated rings. The second kappa shape index (κ2) is 9.32. The van der Waals surface area contributed by atoms with Gasteiger partial charge in [0.1, 0.15) is 11.4 Å². The van der Waals surface area contributed by atoms with Crippen molar-refractivity contribution >= 4 is 38.9 Å². The van der Waals surface area contributed by atoms with Crippen LogP contribution in [0.4, 0.5) is 9.18 Å². The van der Waals surface area contributed by atoms with Gasteiger partial charge in [-0.15, -0.1) is 0 Å². The van der Waals surface area contributed by atoms with Crippen LogP contribution in [0.1, 0.15) is 38.9 Å². The van der Waals surface area contributed by atoms with Crippen molar-refractivity contribution in [2.75, 3.05) is 0 Å². The topological polar surface area (TPSA) is 68.3 Å². The second-order valence-electron chi connectivity index (χ2n) is 6.70. The molecule has 5 nitrogen and oxygen atoms in total. The molecule has 8 heteroatoms. The normalized spacial score (nSPS) is 12.3. The van der Waals surface area contributed by atoms with Gasteiger partial charge in [-0.3, -0.25) is 9.78 Å². The van der Waals surface area contributed by atoms with Crippen LogP contribution in [0.3, 0.4) is 0 Å². The molecule has 0 radical (unpaired) electrons. The van der Waals surface area contributed by atoms with Gasteiger partial charge in [0.15, 0.2) is 5.12 Å². The highest BCUT2D eigenvalue weighted by Crippen LogP contribution is 2.27. The molecule has 1 aromatic heterocycles. The smallest absolute Gasteiger partial charge is 0.408 e. The molecule has 1 N–H and O–H groups in total. The van der Waals surface area contributed by atoms with Crippen LogP contribution in [0.25, 0.3) is 0 Å². The van der Waals surface area contributed by atoms with Gasteiger partial charge in [-0.1, -0.05) is 27.7 Å². The van der Waals surface area contributed by atoms with Crippen LogP contribution in [-0.4, -0.2) is 21.8 Å². The van der Waals surface area contributed by atoms with Crippen molar-refractivity contribution in [1.82, 2.24) is 10.3 Å². The Hall–Kier alpha value is -1.93. The van der Waals surface area contributed by atoms with E-state index in [1.54, 1.807) is 32.9 Å². The molecule has 1 heterocycles. The van der Waals surface area contributed by atoms with Gasteiger partial charge in [0.05, 0.1) is 11.7 Å². The molecule has 2 rings (SSSR count). The summed E-state index contributed by atoms with van der Waals surface area (Å²) in [5, 5.41) is 2.32. The number of rotatable bonds is 5. The minimum absolute atomic E-state index is 0.00637. The van der Waals surface area contributed by atoms with E-state index < -0.39 is 23.6 Å². The molecule has 27 heavy (non-hydrogen) atoms. The number of nitrogens with zero attached hydrogens (tertiary/aromatic N) is 1. The summed E-state index contributed by atoms with van der Waals surface area (Å²) in [6, 6.07) is 8.99. The largest absolute Gasteiger partial charge is 0.444 e.